The maximum atomic E-state index is 4.69. The molecule has 5 nitrogen and oxygen atoms in total. The molecule has 0 unspecified atom stereocenters. The molecule has 3 heterocycles. The number of pyridine rings is 2. The van der Waals surface area contributed by atoms with Gasteiger partial charge in [0.2, 0.25) is 0 Å². The van der Waals surface area contributed by atoms with Crippen LogP contribution in [-0.4, -0.2) is 24.7 Å². The van der Waals surface area contributed by atoms with Crippen molar-refractivity contribution in [2.45, 2.75) is 0 Å². The molecule has 1 aromatic carbocycles. The van der Waals surface area contributed by atoms with Crippen molar-refractivity contribution in [2.24, 2.45) is 0 Å². The van der Waals surface area contributed by atoms with Crippen molar-refractivity contribution in [3.05, 3.63) is 79.3 Å². The summed E-state index contributed by atoms with van der Waals surface area (Å²) in [6.45, 7) is 0. The van der Waals surface area contributed by atoms with Crippen LogP contribution in [0, 0.1) is 0 Å². The summed E-state index contributed by atoms with van der Waals surface area (Å²) in [7, 11) is 0. The van der Waals surface area contributed by atoms with Gasteiger partial charge in [-0.1, -0.05) is 30.3 Å². The summed E-state index contributed by atoms with van der Waals surface area (Å²) in [4.78, 5) is 9.03. The van der Waals surface area contributed by atoms with Crippen molar-refractivity contribution in [3.8, 4) is 28.6 Å². The molecule has 4 rings (SSSR count). The second kappa shape index (κ2) is 5.81. The molecular weight excluding hydrogens is 286 g/mol. The summed E-state index contributed by atoms with van der Waals surface area (Å²) in [6, 6.07) is 21.6. The monoisotopic (exact) mass is 299 g/mol. The Bertz CT molecular complexity index is 916. The molecule has 0 saturated carbocycles. The van der Waals surface area contributed by atoms with Gasteiger partial charge in [-0.15, -0.1) is 10.2 Å². The van der Waals surface area contributed by atoms with Crippen LogP contribution in [-0.2, 0) is 0 Å². The zero-order valence-corrected chi connectivity index (χ0v) is 12.2. The highest BCUT2D eigenvalue weighted by atomic mass is 15.3. The molecule has 0 saturated heterocycles. The summed E-state index contributed by atoms with van der Waals surface area (Å²) in [5.74, 6) is 0.703. The molecular formula is C18H13N5. The maximum Gasteiger partial charge on any atom is 0.187 e. The molecule has 23 heavy (non-hydrogen) atoms. The molecule has 0 aliphatic rings. The lowest BCUT2D eigenvalue weighted by Crippen LogP contribution is -1.98. The smallest absolute Gasteiger partial charge is 0.187 e. The Kier molecular flexibility index (Phi) is 3.37. The second-order valence-corrected chi connectivity index (χ2v) is 4.98. The lowest BCUT2D eigenvalue weighted by atomic mass is 10.2. The summed E-state index contributed by atoms with van der Waals surface area (Å²) in [6.07, 6.45) is 3.45. The summed E-state index contributed by atoms with van der Waals surface area (Å²) < 4.78 is 1.92. The summed E-state index contributed by atoms with van der Waals surface area (Å²) >= 11 is 0. The molecule has 0 N–H and O–H groups in total. The van der Waals surface area contributed by atoms with Crippen molar-refractivity contribution in [1.29, 1.82) is 0 Å². The third-order valence-electron chi connectivity index (χ3n) is 3.49. The van der Waals surface area contributed by atoms with Crippen LogP contribution in [0.15, 0.2) is 79.3 Å². The van der Waals surface area contributed by atoms with Gasteiger partial charge in [0.05, 0.1) is 11.4 Å². The molecule has 0 spiro atoms. The van der Waals surface area contributed by atoms with E-state index in [2.05, 4.69) is 20.2 Å². The average molecular weight is 299 g/mol. The van der Waals surface area contributed by atoms with Crippen LogP contribution in [0.25, 0.3) is 28.6 Å². The number of benzene rings is 1. The van der Waals surface area contributed by atoms with Crippen LogP contribution in [0.5, 0.6) is 0 Å². The normalized spacial score (nSPS) is 10.6. The topological polar surface area (TPSA) is 56.5 Å². The third kappa shape index (κ3) is 2.60. The molecule has 0 fully saturated rings. The van der Waals surface area contributed by atoms with Crippen molar-refractivity contribution < 1.29 is 0 Å². The number of nitrogens with zero attached hydrogens (tertiary/aromatic N) is 5. The van der Waals surface area contributed by atoms with Crippen molar-refractivity contribution in [2.75, 3.05) is 0 Å². The number of hydrogen-bond acceptors (Lipinski definition) is 4. The first-order chi connectivity index (χ1) is 11.4. The molecule has 4 aromatic rings. The van der Waals surface area contributed by atoms with Crippen LogP contribution in [0.1, 0.15) is 0 Å². The van der Waals surface area contributed by atoms with Gasteiger partial charge >= 0.3 is 0 Å². The minimum atomic E-state index is 0.703. The zero-order chi connectivity index (χ0) is 15.5. The van der Waals surface area contributed by atoms with E-state index in [1.165, 1.54) is 0 Å². The second-order valence-electron chi connectivity index (χ2n) is 4.98. The summed E-state index contributed by atoms with van der Waals surface area (Å²) in [5, 5.41) is 8.26. The Balaban J connectivity index is 1.80. The standard InChI is InChI=1S/C18H13N5/c1-2-7-14(8-3-1)23-13-20-22-18(23)17-11-6-10-16(21-17)15-9-4-5-12-19-15/h1-13H. The first kappa shape index (κ1) is 13.3. The fourth-order valence-corrected chi connectivity index (χ4v) is 2.40. The van der Waals surface area contributed by atoms with Crippen molar-refractivity contribution >= 4 is 0 Å². The first-order valence-corrected chi connectivity index (χ1v) is 7.26. The maximum absolute atomic E-state index is 4.69. The van der Waals surface area contributed by atoms with E-state index in [9.17, 15) is 0 Å². The largest absolute Gasteiger partial charge is 0.280 e. The quantitative estimate of drug-likeness (QED) is 0.582. The predicted octanol–water partition coefficient (Wildman–Crippen LogP) is 3.39. The number of rotatable bonds is 3. The van der Waals surface area contributed by atoms with Crippen LogP contribution in [0.3, 0.4) is 0 Å². The van der Waals surface area contributed by atoms with Gasteiger partial charge in [0, 0.05) is 11.9 Å². The van der Waals surface area contributed by atoms with Gasteiger partial charge in [0.15, 0.2) is 5.82 Å². The molecule has 0 aliphatic heterocycles. The van der Waals surface area contributed by atoms with E-state index >= 15 is 0 Å². The van der Waals surface area contributed by atoms with Gasteiger partial charge in [0.25, 0.3) is 0 Å². The minimum absolute atomic E-state index is 0.703. The molecule has 5 heteroatoms. The molecule has 110 valence electrons. The number of hydrogen-bond donors (Lipinski definition) is 0. The summed E-state index contributed by atoms with van der Waals surface area (Å²) in [5.41, 5.74) is 3.40. The van der Waals surface area contributed by atoms with E-state index in [0.717, 1.165) is 22.8 Å². The molecule has 0 radical (unpaired) electrons. The predicted molar refractivity (Wildman–Crippen MR) is 87.8 cm³/mol. The number of aromatic nitrogens is 5. The lowest BCUT2D eigenvalue weighted by Gasteiger charge is -2.07. The van der Waals surface area contributed by atoms with Crippen LogP contribution in [0.2, 0.25) is 0 Å². The molecule has 0 bridgehead atoms. The molecule has 3 aromatic heterocycles. The van der Waals surface area contributed by atoms with Gasteiger partial charge < -0.3 is 0 Å². The minimum Gasteiger partial charge on any atom is -0.280 e. The zero-order valence-electron chi connectivity index (χ0n) is 12.2. The van der Waals surface area contributed by atoms with Crippen LogP contribution < -0.4 is 0 Å². The Hall–Kier alpha value is -3.34. The van der Waals surface area contributed by atoms with E-state index < -0.39 is 0 Å². The van der Waals surface area contributed by atoms with E-state index in [0.29, 0.717) is 5.82 Å². The fraction of sp³-hybridized carbons (Fsp3) is 0. The van der Waals surface area contributed by atoms with Gasteiger partial charge in [-0.3, -0.25) is 9.55 Å². The van der Waals surface area contributed by atoms with E-state index in [1.807, 2.05) is 71.3 Å². The van der Waals surface area contributed by atoms with E-state index in [-0.39, 0.29) is 0 Å². The Morgan fingerprint density at radius 2 is 1.48 bits per heavy atom. The highest BCUT2D eigenvalue weighted by Gasteiger charge is 2.11. The molecule has 0 aliphatic carbocycles. The first-order valence-electron chi connectivity index (χ1n) is 7.26. The number of para-hydroxylation sites is 1. The third-order valence-corrected chi connectivity index (χ3v) is 3.49. The SMILES string of the molecule is c1ccc(-n2cnnc2-c2cccc(-c3ccccn3)n2)cc1. The Morgan fingerprint density at radius 3 is 2.30 bits per heavy atom. The van der Waals surface area contributed by atoms with Gasteiger partial charge in [-0.2, -0.15) is 0 Å². The molecule has 0 atom stereocenters. The van der Waals surface area contributed by atoms with Gasteiger partial charge in [-0.05, 0) is 36.4 Å². The highest BCUT2D eigenvalue weighted by Crippen LogP contribution is 2.22. The van der Waals surface area contributed by atoms with Crippen molar-refractivity contribution in [3.63, 3.8) is 0 Å². The average Bonchev–Trinajstić information content (AvgIpc) is 3.13. The molecule has 0 amide bonds. The lowest BCUT2D eigenvalue weighted by molar-refractivity contribution is 1.05. The van der Waals surface area contributed by atoms with Gasteiger partial charge in [0.1, 0.15) is 12.0 Å². The van der Waals surface area contributed by atoms with Crippen LogP contribution in [0.4, 0.5) is 0 Å². The Morgan fingerprint density at radius 1 is 0.696 bits per heavy atom. The van der Waals surface area contributed by atoms with Crippen LogP contribution >= 0.6 is 0 Å². The van der Waals surface area contributed by atoms with E-state index in [4.69, 9.17) is 0 Å². The van der Waals surface area contributed by atoms with Gasteiger partial charge in [-0.25, -0.2) is 4.98 Å². The fourth-order valence-electron chi connectivity index (χ4n) is 2.40. The Labute approximate surface area is 133 Å². The van der Waals surface area contributed by atoms with E-state index in [1.54, 1.807) is 12.5 Å². The van der Waals surface area contributed by atoms with Crippen molar-refractivity contribution in [1.82, 2.24) is 24.7 Å². The highest BCUT2D eigenvalue weighted by molar-refractivity contribution is 5.60.